The molecule has 2 aromatic carbocycles. The van der Waals surface area contributed by atoms with Crippen LogP contribution >= 0.6 is 23.8 Å². The molecule has 0 saturated carbocycles. The lowest BCUT2D eigenvalue weighted by Gasteiger charge is -2.11. The van der Waals surface area contributed by atoms with Crippen molar-refractivity contribution in [3.63, 3.8) is 0 Å². The molecule has 3 rings (SSSR count). The average Bonchev–Trinajstić information content (AvgIpc) is 3.10. The number of anilines is 1. The number of thiocarbonyl (C=S) groups is 1. The summed E-state index contributed by atoms with van der Waals surface area (Å²) in [4.78, 5) is 12.2. The maximum Gasteiger partial charge on any atom is 0.305 e. The van der Waals surface area contributed by atoms with Gasteiger partial charge in [0, 0.05) is 16.3 Å². The van der Waals surface area contributed by atoms with Crippen LogP contribution in [0.5, 0.6) is 0 Å². The van der Waals surface area contributed by atoms with Crippen LogP contribution in [0.4, 0.5) is 5.69 Å². The van der Waals surface area contributed by atoms with Crippen molar-refractivity contribution >= 4 is 40.5 Å². The van der Waals surface area contributed by atoms with E-state index in [2.05, 4.69) is 16.2 Å². The molecule has 0 unspecified atom stereocenters. The Morgan fingerprint density at radius 2 is 1.81 bits per heavy atom. The highest BCUT2D eigenvalue weighted by Crippen LogP contribution is 2.23. The first kappa shape index (κ1) is 18.0. The Bertz CT molecular complexity index is 938. The van der Waals surface area contributed by atoms with E-state index < -0.39 is 5.91 Å². The molecule has 1 aromatic heterocycles. The quantitative estimate of drug-likeness (QED) is 0.456. The van der Waals surface area contributed by atoms with E-state index in [-0.39, 0.29) is 10.9 Å². The first-order valence-corrected chi connectivity index (χ1v) is 8.60. The number of aryl methyl sites for hydroxylation is 1. The molecule has 0 atom stereocenters. The van der Waals surface area contributed by atoms with Crippen LogP contribution in [0.25, 0.3) is 11.3 Å². The predicted molar refractivity (Wildman–Crippen MR) is 107 cm³/mol. The monoisotopic (exact) mass is 385 g/mol. The molecular weight excluding hydrogens is 370 g/mol. The van der Waals surface area contributed by atoms with E-state index in [4.69, 9.17) is 28.2 Å². The number of nitrogens with one attached hydrogen (secondary N) is 3. The number of carbonyl (C=O) groups excluding carboxylic acids is 1. The van der Waals surface area contributed by atoms with Crippen LogP contribution in [0.3, 0.4) is 0 Å². The number of furan rings is 1. The molecule has 0 spiro atoms. The number of rotatable bonds is 3. The number of carbonyl (C=O) groups is 1. The predicted octanol–water partition coefficient (Wildman–Crippen LogP) is 4.54. The van der Waals surface area contributed by atoms with Crippen molar-refractivity contribution in [1.29, 1.82) is 0 Å². The highest BCUT2D eigenvalue weighted by Gasteiger charge is 2.12. The van der Waals surface area contributed by atoms with Gasteiger partial charge in [-0.3, -0.25) is 15.6 Å². The third-order valence-electron chi connectivity index (χ3n) is 3.52. The first-order chi connectivity index (χ1) is 12.5. The lowest BCUT2D eigenvalue weighted by Crippen LogP contribution is -2.43. The zero-order valence-electron chi connectivity index (χ0n) is 13.9. The van der Waals surface area contributed by atoms with Crippen LogP contribution in [0, 0.1) is 6.92 Å². The Hall–Kier alpha value is -2.83. The van der Waals surface area contributed by atoms with E-state index in [1.54, 1.807) is 24.3 Å². The largest absolute Gasteiger partial charge is 0.451 e. The molecule has 0 saturated heterocycles. The molecule has 1 heterocycles. The smallest absolute Gasteiger partial charge is 0.305 e. The fourth-order valence-electron chi connectivity index (χ4n) is 2.29. The third kappa shape index (κ3) is 4.62. The maximum absolute atomic E-state index is 12.2. The molecule has 132 valence electrons. The SMILES string of the molecule is Cc1cccc(NC(=S)NNC(=O)c2ccc(-c3ccc(Cl)cc3)o2)c1. The lowest BCUT2D eigenvalue weighted by atomic mass is 10.2. The molecule has 0 fully saturated rings. The van der Waals surface area contributed by atoms with E-state index >= 15 is 0 Å². The Labute approximate surface area is 161 Å². The second-order valence-electron chi connectivity index (χ2n) is 5.57. The highest BCUT2D eigenvalue weighted by atomic mass is 35.5. The van der Waals surface area contributed by atoms with Crippen molar-refractivity contribution in [2.24, 2.45) is 0 Å². The van der Waals surface area contributed by atoms with Gasteiger partial charge in [0.05, 0.1) is 0 Å². The van der Waals surface area contributed by atoms with E-state index in [0.29, 0.717) is 10.8 Å². The van der Waals surface area contributed by atoms with Gasteiger partial charge in [-0.25, -0.2) is 0 Å². The summed E-state index contributed by atoms with van der Waals surface area (Å²) in [7, 11) is 0. The molecule has 0 bridgehead atoms. The van der Waals surface area contributed by atoms with Crippen LogP contribution < -0.4 is 16.2 Å². The molecular formula is C19H16ClN3O2S. The number of hydrogen-bond donors (Lipinski definition) is 3. The Kier molecular flexibility index (Phi) is 5.55. The Morgan fingerprint density at radius 3 is 2.54 bits per heavy atom. The van der Waals surface area contributed by atoms with Gasteiger partial charge in [0.2, 0.25) is 0 Å². The van der Waals surface area contributed by atoms with Crippen molar-refractivity contribution in [3.8, 4) is 11.3 Å². The molecule has 0 aliphatic rings. The minimum Gasteiger partial charge on any atom is -0.451 e. The number of hydrogen-bond acceptors (Lipinski definition) is 3. The van der Waals surface area contributed by atoms with Crippen LogP contribution in [-0.4, -0.2) is 11.0 Å². The van der Waals surface area contributed by atoms with Crippen molar-refractivity contribution in [1.82, 2.24) is 10.9 Å². The molecule has 1 amide bonds. The average molecular weight is 386 g/mol. The summed E-state index contributed by atoms with van der Waals surface area (Å²) in [6.07, 6.45) is 0. The first-order valence-electron chi connectivity index (χ1n) is 7.81. The summed E-state index contributed by atoms with van der Waals surface area (Å²) in [6.45, 7) is 1.98. The van der Waals surface area contributed by atoms with Crippen molar-refractivity contribution in [2.75, 3.05) is 5.32 Å². The van der Waals surface area contributed by atoms with E-state index in [1.807, 2.05) is 43.3 Å². The zero-order chi connectivity index (χ0) is 18.5. The van der Waals surface area contributed by atoms with Crippen molar-refractivity contribution in [3.05, 3.63) is 77.0 Å². The van der Waals surface area contributed by atoms with Crippen molar-refractivity contribution < 1.29 is 9.21 Å². The normalized spacial score (nSPS) is 10.2. The van der Waals surface area contributed by atoms with E-state index in [9.17, 15) is 4.79 Å². The number of amides is 1. The Morgan fingerprint density at radius 1 is 1.04 bits per heavy atom. The van der Waals surface area contributed by atoms with E-state index in [0.717, 1.165) is 16.8 Å². The van der Waals surface area contributed by atoms with Gasteiger partial charge in [-0.15, -0.1) is 0 Å². The van der Waals surface area contributed by atoms with Crippen LogP contribution in [-0.2, 0) is 0 Å². The zero-order valence-corrected chi connectivity index (χ0v) is 15.4. The lowest BCUT2D eigenvalue weighted by molar-refractivity contribution is 0.0917. The molecule has 0 aliphatic heterocycles. The molecule has 0 radical (unpaired) electrons. The summed E-state index contributed by atoms with van der Waals surface area (Å²) in [5.41, 5.74) is 7.92. The highest BCUT2D eigenvalue weighted by molar-refractivity contribution is 7.80. The van der Waals surface area contributed by atoms with Crippen molar-refractivity contribution in [2.45, 2.75) is 6.92 Å². The molecule has 26 heavy (non-hydrogen) atoms. The number of halogens is 1. The van der Waals surface area contributed by atoms with Gasteiger partial charge in [0.1, 0.15) is 5.76 Å². The minimum atomic E-state index is -0.432. The number of hydrazine groups is 1. The Balaban J connectivity index is 1.56. The molecule has 5 nitrogen and oxygen atoms in total. The summed E-state index contributed by atoms with van der Waals surface area (Å²) in [5.74, 6) is 0.312. The fourth-order valence-corrected chi connectivity index (χ4v) is 2.58. The fraction of sp³-hybridized carbons (Fsp3) is 0.0526. The second-order valence-corrected chi connectivity index (χ2v) is 6.42. The topological polar surface area (TPSA) is 66.3 Å². The maximum atomic E-state index is 12.2. The van der Waals surface area contributed by atoms with Gasteiger partial charge in [-0.1, -0.05) is 23.7 Å². The van der Waals surface area contributed by atoms with E-state index in [1.165, 1.54) is 0 Å². The molecule has 0 aliphatic carbocycles. The van der Waals surface area contributed by atoms with Gasteiger partial charge in [0.25, 0.3) is 0 Å². The third-order valence-corrected chi connectivity index (χ3v) is 3.98. The van der Waals surface area contributed by atoms with Gasteiger partial charge in [0.15, 0.2) is 10.9 Å². The van der Waals surface area contributed by atoms with Crippen LogP contribution in [0.15, 0.2) is 65.1 Å². The molecule has 3 aromatic rings. The summed E-state index contributed by atoms with van der Waals surface area (Å²) in [5, 5.41) is 3.90. The summed E-state index contributed by atoms with van der Waals surface area (Å²) < 4.78 is 5.58. The van der Waals surface area contributed by atoms with Gasteiger partial charge >= 0.3 is 5.91 Å². The van der Waals surface area contributed by atoms with Gasteiger partial charge in [-0.2, -0.15) is 0 Å². The molecule has 7 heteroatoms. The summed E-state index contributed by atoms with van der Waals surface area (Å²) in [6, 6.07) is 18.2. The minimum absolute atomic E-state index is 0.167. The van der Waals surface area contributed by atoms with Gasteiger partial charge in [-0.05, 0) is 73.2 Å². The standard InChI is InChI=1S/C19H16ClN3O2S/c1-12-3-2-4-15(11-12)21-19(26)23-22-18(24)17-10-9-16(25-17)13-5-7-14(20)8-6-13/h2-11H,1H3,(H,22,24)(H2,21,23,26). The van der Waals surface area contributed by atoms with Crippen LogP contribution in [0.1, 0.15) is 16.1 Å². The molecule has 3 N–H and O–H groups in total. The summed E-state index contributed by atoms with van der Waals surface area (Å²) >= 11 is 11.0. The number of benzene rings is 2. The van der Waals surface area contributed by atoms with Crippen LogP contribution in [0.2, 0.25) is 5.02 Å². The second kappa shape index (κ2) is 8.03. The van der Waals surface area contributed by atoms with Gasteiger partial charge < -0.3 is 9.73 Å².